The number of carbonyl (C=O) groups excluding carboxylic acids is 2. The summed E-state index contributed by atoms with van der Waals surface area (Å²) >= 11 is 0. The molecular weight excluding hydrogens is 282 g/mol. The molecule has 0 heterocycles. The van der Waals surface area contributed by atoms with Crippen molar-refractivity contribution in [2.75, 3.05) is 0 Å². The summed E-state index contributed by atoms with van der Waals surface area (Å²) in [5, 5.41) is 0. The number of amides is 1. The molecular formula is C17H19NO4. The second-order valence-corrected chi connectivity index (χ2v) is 4.89. The minimum Gasteiger partial charge on any atom is -0.485 e. The number of benzene rings is 1. The van der Waals surface area contributed by atoms with E-state index in [0.29, 0.717) is 6.42 Å². The highest BCUT2D eigenvalue weighted by atomic mass is 16.7. The normalized spacial score (nSPS) is 14.7. The fourth-order valence-electron chi connectivity index (χ4n) is 1.90. The second-order valence-electron chi connectivity index (χ2n) is 4.89. The standard InChI is InChI=1S/C17H19NO4/c1-2-7-16(19)22-18-17(20)15(21-14-10-6-11-14)12-13-8-4-3-5-9-13/h2-5,7-10,15H,6,11-12H2,1H3,(H,18,20). The average molecular weight is 301 g/mol. The minimum atomic E-state index is -0.729. The fraction of sp³-hybridized carbons (Fsp3) is 0.294. The van der Waals surface area contributed by atoms with Crippen LogP contribution in [0.4, 0.5) is 0 Å². The molecule has 1 amide bonds. The van der Waals surface area contributed by atoms with Gasteiger partial charge in [-0.3, -0.25) is 4.79 Å². The molecule has 5 heteroatoms. The van der Waals surface area contributed by atoms with E-state index in [9.17, 15) is 9.59 Å². The van der Waals surface area contributed by atoms with Gasteiger partial charge in [-0.1, -0.05) is 36.4 Å². The Morgan fingerprint density at radius 3 is 2.64 bits per heavy atom. The summed E-state index contributed by atoms with van der Waals surface area (Å²) in [4.78, 5) is 28.1. The van der Waals surface area contributed by atoms with Gasteiger partial charge in [0.1, 0.15) is 0 Å². The SMILES string of the molecule is CC=CC(=O)ONC(=O)C(Cc1ccccc1)OC1=CCC1. The number of hydroxylamine groups is 1. The maximum Gasteiger partial charge on any atom is 0.355 e. The van der Waals surface area contributed by atoms with E-state index in [4.69, 9.17) is 4.74 Å². The van der Waals surface area contributed by atoms with Crippen molar-refractivity contribution in [2.45, 2.75) is 32.3 Å². The Morgan fingerprint density at radius 2 is 2.05 bits per heavy atom. The Balaban J connectivity index is 1.96. The highest BCUT2D eigenvalue weighted by molar-refractivity contribution is 5.85. The molecule has 116 valence electrons. The molecule has 2 rings (SSSR count). The highest BCUT2D eigenvalue weighted by Gasteiger charge is 2.24. The first-order valence-corrected chi connectivity index (χ1v) is 7.22. The summed E-state index contributed by atoms with van der Waals surface area (Å²) in [6.07, 6.45) is 6.17. The molecule has 1 aromatic carbocycles. The van der Waals surface area contributed by atoms with Gasteiger partial charge in [-0.15, -0.1) is 0 Å². The lowest BCUT2D eigenvalue weighted by atomic mass is 10.1. The van der Waals surface area contributed by atoms with Gasteiger partial charge in [0.25, 0.3) is 5.91 Å². The van der Waals surface area contributed by atoms with Crippen molar-refractivity contribution in [3.05, 3.63) is 59.9 Å². The van der Waals surface area contributed by atoms with Crippen LogP contribution < -0.4 is 5.48 Å². The predicted octanol–water partition coefficient (Wildman–Crippen LogP) is 2.44. The number of carbonyl (C=O) groups is 2. The van der Waals surface area contributed by atoms with Crippen LogP contribution in [-0.4, -0.2) is 18.0 Å². The van der Waals surface area contributed by atoms with Gasteiger partial charge in [0.2, 0.25) is 0 Å². The van der Waals surface area contributed by atoms with E-state index < -0.39 is 18.0 Å². The lowest BCUT2D eigenvalue weighted by molar-refractivity contribution is -0.158. The first-order valence-electron chi connectivity index (χ1n) is 7.22. The van der Waals surface area contributed by atoms with E-state index >= 15 is 0 Å². The number of hydrogen-bond donors (Lipinski definition) is 1. The van der Waals surface area contributed by atoms with Gasteiger partial charge in [0.15, 0.2) is 6.10 Å². The number of ether oxygens (including phenoxy) is 1. The van der Waals surface area contributed by atoms with Crippen molar-refractivity contribution in [1.82, 2.24) is 5.48 Å². The molecule has 1 aliphatic rings. The Bertz CT molecular complexity index is 578. The summed E-state index contributed by atoms with van der Waals surface area (Å²) in [6.45, 7) is 1.69. The average Bonchev–Trinajstić information content (AvgIpc) is 2.48. The zero-order valence-electron chi connectivity index (χ0n) is 12.5. The molecule has 0 radical (unpaired) electrons. The van der Waals surface area contributed by atoms with Gasteiger partial charge >= 0.3 is 5.97 Å². The monoisotopic (exact) mass is 301 g/mol. The summed E-state index contributed by atoms with van der Waals surface area (Å²) in [6, 6.07) is 9.56. The maximum atomic E-state index is 12.2. The Morgan fingerprint density at radius 1 is 1.32 bits per heavy atom. The van der Waals surface area contributed by atoms with Gasteiger partial charge < -0.3 is 9.57 Å². The van der Waals surface area contributed by atoms with Gasteiger partial charge in [-0.2, -0.15) is 5.48 Å². The van der Waals surface area contributed by atoms with Crippen LogP contribution in [0, 0.1) is 0 Å². The summed E-state index contributed by atoms with van der Waals surface area (Å²) in [5.74, 6) is -0.303. The highest BCUT2D eigenvalue weighted by Crippen LogP contribution is 2.22. The predicted molar refractivity (Wildman–Crippen MR) is 81.4 cm³/mol. The minimum absolute atomic E-state index is 0.408. The number of rotatable bonds is 6. The Labute approximate surface area is 129 Å². The summed E-state index contributed by atoms with van der Waals surface area (Å²) in [7, 11) is 0. The third-order valence-corrected chi connectivity index (χ3v) is 3.17. The second kappa shape index (κ2) is 8.02. The molecule has 0 fully saturated rings. The third kappa shape index (κ3) is 4.77. The van der Waals surface area contributed by atoms with Crippen molar-refractivity contribution < 1.29 is 19.2 Å². The maximum absolute atomic E-state index is 12.2. The summed E-state index contributed by atoms with van der Waals surface area (Å²) in [5.41, 5.74) is 3.12. The van der Waals surface area contributed by atoms with E-state index in [0.717, 1.165) is 24.2 Å². The van der Waals surface area contributed by atoms with E-state index in [1.165, 1.54) is 12.2 Å². The topological polar surface area (TPSA) is 64.6 Å². The Hall–Kier alpha value is -2.56. The van der Waals surface area contributed by atoms with Crippen molar-refractivity contribution in [1.29, 1.82) is 0 Å². The molecule has 1 aliphatic carbocycles. The molecule has 5 nitrogen and oxygen atoms in total. The molecule has 0 bridgehead atoms. The first-order chi connectivity index (χ1) is 10.7. The number of nitrogens with one attached hydrogen (secondary N) is 1. The van der Waals surface area contributed by atoms with E-state index in [2.05, 4.69) is 10.3 Å². The van der Waals surface area contributed by atoms with Crippen molar-refractivity contribution in [2.24, 2.45) is 0 Å². The van der Waals surface area contributed by atoms with Crippen LogP contribution in [0.1, 0.15) is 25.3 Å². The lowest BCUT2D eigenvalue weighted by Crippen LogP contribution is -2.39. The van der Waals surface area contributed by atoms with E-state index in [1.807, 2.05) is 36.4 Å². The quantitative estimate of drug-likeness (QED) is 0.647. The number of allylic oxidation sites excluding steroid dienone is 3. The van der Waals surface area contributed by atoms with Crippen LogP contribution in [0.2, 0.25) is 0 Å². The van der Waals surface area contributed by atoms with Gasteiger partial charge in [0.05, 0.1) is 5.76 Å². The molecule has 0 saturated carbocycles. The third-order valence-electron chi connectivity index (χ3n) is 3.17. The zero-order valence-corrected chi connectivity index (χ0v) is 12.5. The van der Waals surface area contributed by atoms with Gasteiger partial charge in [-0.25, -0.2) is 4.79 Å². The van der Waals surface area contributed by atoms with Crippen molar-refractivity contribution in [3.8, 4) is 0 Å². The smallest absolute Gasteiger partial charge is 0.355 e. The fourth-order valence-corrected chi connectivity index (χ4v) is 1.90. The molecule has 1 atom stereocenters. The largest absolute Gasteiger partial charge is 0.485 e. The summed E-state index contributed by atoms with van der Waals surface area (Å²) < 4.78 is 5.68. The van der Waals surface area contributed by atoms with Crippen LogP contribution >= 0.6 is 0 Å². The zero-order chi connectivity index (χ0) is 15.8. The molecule has 1 aromatic rings. The van der Waals surface area contributed by atoms with Crippen molar-refractivity contribution in [3.63, 3.8) is 0 Å². The van der Waals surface area contributed by atoms with Crippen LogP contribution in [0.25, 0.3) is 0 Å². The lowest BCUT2D eigenvalue weighted by Gasteiger charge is -2.23. The molecule has 1 unspecified atom stereocenters. The first kappa shape index (κ1) is 15.8. The molecule has 0 aliphatic heterocycles. The molecule has 0 spiro atoms. The Kier molecular flexibility index (Phi) is 5.77. The molecule has 1 N–H and O–H groups in total. The van der Waals surface area contributed by atoms with Crippen LogP contribution in [0.15, 0.2) is 54.3 Å². The van der Waals surface area contributed by atoms with Crippen LogP contribution in [0.3, 0.4) is 0 Å². The van der Waals surface area contributed by atoms with Crippen LogP contribution in [0.5, 0.6) is 0 Å². The molecule has 0 aromatic heterocycles. The molecule has 22 heavy (non-hydrogen) atoms. The van der Waals surface area contributed by atoms with Gasteiger partial charge in [-0.05, 0) is 25.0 Å². The van der Waals surface area contributed by atoms with Gasteiger partial charge in [0, 0.05) is 18.9 Å². The van der Waals surface area contributed by atoms with E-state index in [1.54, 1.807) is 6.92 Å². The van der Waals surface area contributed by atoms with Crippen LogP contribution in [-0.2, 0) is 25.6 Å². The molecule has 0 saturated heterocycles. The van der Waals surface area contributed by atoms with Crippen molar-refractivity contribution >= 4 is 11.9 Å². The van der Waals surface area contributed by atoms with E-state index in [-0.39, 0.29) is 0 Å². The number of hydrogen-bond acceptors (Lipinski definition) is 4.